The number of carbonyl (C=O) groups excluding carboxylic acids is 1. The van der Waals surface area contributed by atoms with Crippen LogP contribution in [0.3, 0.4) is 0 Å². The highest BCUT2D eigenvalue weighted by atomic mass is 19.1. The summed E-state index contributed by atoms with van der Waals surface area (Å²) < 4.78 is 17.7. The number of hydrogen-bond acceptors (Lipinski definition) is 2. The lowest BCUT2D eigenvalue weighted by atomic mass is 10.1. The smallest absolute Gasteiger partial charge is 0.303 e. The molecule has 1 rings (SSSR count). The second-order valence-corrected chi connectivity index (χ2v) is 2.82. The molecule has 0 N–H and O–H groups in total. The highest BCUT2D eigenvalue weighted by molar-refractivity contribution is 5.66. The molecule has 0 saturated carbocycles. The zero-order chi connectivity index (χ0) is 10.6. The summed E-state index contributed by atoms with van der Waals surface area (Å²) in [6.45, 7) is 4.82. The Balaban J connectivity index is 2.89. The van der Waals surface area contributed by atoms with Gasteiger partial charge in [-0.25, -0.2) is 4.39 Å². The highest BCUT2D eigenvalue weighted by Gasteiger charge is 2.10. The summed E-state index contributed by atoms with van der Waals surface area (Å²) in [5, 5.41) is 0. The van der Waals surface area contributed by atoms with Gasteiger partial charge >= 0.3 is 5.97 Å². The van der Waals surface area contributed by atoms with E-state index in [1.54, 1.807) is 12.1 Å². The molecule has 3 heteroatoms. The lowest BCUT2D eigenvalue weighted by Crippen LogP contribution is -2.05. The lowest BCUT2D eigenvalue weighted by Gasteiger charge is -2.12. The fourth-order valence-electron chi connectivity index (χ4n) is 1.11. The molecule has 2 nitrogen and oxygen atoms in total. The molecule has 0 aromatic heterocycles. The van der Waals surface area contributed by atoms with E-state index in [0.29, 0.717) is 5.56 Å². The van der Waals surface area contributed by atoms with Gasteiger partial charge in [-0.15, -0.1) is 0 Å². The minimum absolute atomic E-state index is 0.360. The molecule has 0 aliphatic carbocycles. The molecule has 1 aromatic rings. The largest absolute Gasteiger partial charge is 0.453 e. The van der Waals surface area contributed by atoms with Crippen LogP contribution in [0.15, 0.2) is 36.9 Å². The third-order valence-corrected chi connectivity index (χ3v) is 1.68. The molecular formula is C11H11FO2. The molecule has 0 aliphatic rings. The molecule has 0 fully saturated rings. The molecule has 0 spiro atoms. The third-order valence-electron chi connectivity index (χ3n) is 1.68. The first-order chi connectivity index (χ1) is 6.63. The van der Waals surface area contributed by atoms with E-state index in [9.17, 15) is 9.18 Å². The zero-order valence-electron chi connectivity index (χ0n) is 7.87. The van der Waals surface area contributed by atoms with Crippen LogP contribution < -0.4 is 0 Å². The molecule has 1 aromatic carbocycles. The van der Waals surface area contributed by atoms with Gasteiger partial charge in [-0.1, -0.05) is 18.7 Å². The van der Waals surface area contributed by atoms with Crippen LogP contribution in [0, 0.1) is 5.82 Å². The molecule has 0 radical (unpaired) electrons. The van der Waals surface area contributed by atoms with Crippen molar-refractivity contribution in [3.05, 3.63) is 48.3 Å². The van der Waals surface area contributed by atoms with E-state index >= 15 is 0 Å². The van der Waals surface area contributed by atoms with Crippen LogP contribution in [0.5, 0.6) is 0 Å². The van der Waals surface area contributed by atoms with E-state index in [0.717, 1.165) is 0 Å². The Morgan fingerprint density at radius 3 is 2.86 bits per heavy atom. The van der Waals surface area contributed by atoms with Crippen LogP contribution in [0.25, 0.3) is 0 Å². The Kier molecular flexibility index (Phi) is 3.40. The Hall–Kier alpha value is -1.64. The van der Waals surface area contributed by atoms with Gasteiger partial charge in [-0.3, -0.25) is 4.79 Å². The monoisotopic (exact) mass is 194 g/mol. The fraction of sp³-hybridized carbons (Fsp3) is 0.182. The topological polar surface area (TPSA) is 26.3 Å². The standard InChI is InChI=1S/C11H11FO2/c1-3-11(14-8(2)13)9-5-4-6-10(12)7-9/h3-7,11H,1H2,2H3/t11-/m0/s1. The Morgan fingerprint density at radius 2 is 2.36 bits per heavy atom. The highest BCUT2D eigenvalue weighted by Crippen LogP contribution is 2.19. The van der Waals surface area contributed by atoms with E-state index in [1.165, 1.54) is 25.1 Å². The summed E-state index contributed by atoms with van der Waals surface area (Å²) in [6.07, 6.45) is 0.874. The van der Waals surface area contributed by atoms with Crippen molar-refractivity contribution in [3.8, 4) is 0 Å². The van der Waals surface area contributed by atoms with Crippen molar-refractivity contribution in [1.82, 2.24) is 0 Å². The van der Waals surface area contributed by atoms with Gasteiger partial charge in [-0.05, 0) is 23.8 Å². The van der Waals surface area contributed by atoms with E-state index in [2.05, 4.69) is 6.58 Å². The average molecular weight is 194 g/mol. The number of ether oxygens (including phenoxy) is 1. The van der Waals surface area contributed by atoms with Crippen molar-refractivity contribution in [3.63, 3.8) is 0 Å². The number of rotatable bonds is 3. The second kappa shape index (κ2) is 4.56. The molecule has 0 amide bonds. The van der Waals surface area contributed by atoms with Crippen LogP contribution in [0.2, 0.25) is 0 Å². The maximum atomic E-state index is 12.8. The Labute approximate surface area is 82.0 Å². The number of halogens is 1. The molecular weight excluding hydrogens is 183 g/mol. The molecule has 14 heavy (non-hydrogen) atoms. The summed E-state index contributed by atoms with van der Waals surface area (Å²) in [4.78, 5) is 10.7. The van der Waals surface area contributed by atoms with E-state index < -0.39 is 12.1 Å². The molecule has 74 valence electrons. The minimum atomic E-state index is -0.580. The molecule has 0 aliphatic heterocycles. The number of carbonyl (C=O) groups is 1. The summed E-state index contributed by atoms with van der Waals surface area (Å²) in [5.74, 6) is -0.777. The van der Waals surface area contributed by atoms with Crippen molar-refractivity contribution in [2.75, 3.05) is 0 Å². The summed E-state index contributed by atoms with van der Waals surface area (Å²) in [5.41, 5.74) is 0.579. The Bertz CT molecular complexity index is 347. The van der Waals surface area contributed by atoms with Gasteiger partial charge in [0.25, 0.3) is 0 Å². The third kappa shape index (κ3) is 2.69. The number of hydrogen-bond donors (Lipinski definition) is 0. The minimum Gasteiger partial charge on any atom is -0.453 e. The van der Waals surface area contributed by atoms with Gasteiger partial charge in [0.05, 0.1) is 0 Å². The van der Waals surface area contributed by atoms with Crippen molar-refractivity contribution in [2.24, 2.45) is 0 Å². The predicted octanol–water partition coefficient (Wildman–Crippen LogP) is 2.62. The van der Waals surface area contributed by atoms with Crippen LogP contribution in [0.1, 0.15) is 18.6 Å². The molecule has 0 bridgehead atoms. The van der Waals surface area contributed by atoms with Gasteiger partial charge in [0.15, 0.2) is 0 Å². The quantitative estimate of drug-likeness (QED) is 0.546. The van der Waals surface area contributed by atoms with Gasteiger partial charge in [-0.2, -0.15) is 0 Å². The zero-order valence-corrected chi connectivity index (χ0v) is 7.87. The summed E-state index contributed by atoms with van der Waals surface area (Å²) in [7, 11) is 0. The fourth-order valence-corrected chi connectivity index (χ4v) is 1.11. The van der Waals surface area contributed by atoms with Gasteiger partial charge in [0, 0.05) is 6.92 Å². The van der Waals surface area contributed by atoms with Crippen LogP contribution in [-0.4, -0.2) is 5.97 Å². The van der Waals surface area contributed by atoms with E-state index in [1.807, 2.05) is 0 Å². The molecule has 0 heterocycles. The maximum absolute atomic E-state index is 12.8. The van der Waals surface area contributed by atoms with Crippen LogP contribution in [-0.2, 0) is 9.53 Å². The first-order valence-corrected chi connectivity index (χ1v) is 4.18. The normalized spacial score (nSPS) is 11.9. The van der Waals surface area contributed by atoms with Gasteiger partial charge in [0.2, 0.25) is 0 Å². The molecule has 0 saturated heterocycles. The van der Waals surface area contributed by atoms with Gasteiger partial charge in [0.1, 0.15) is 11.9 Å². The van der Waals surface area contributed by atoms with Crippen molar-refractivity contribution in [1.29, 1.82) is 0 Å². The first kappa shape index (κ1) is 10.4. The van der Waals surface area contributed by atoms with Crippen molar-refractivity contribution < 1.29 is 13.9 Å². The maximum Gasteiger partial charge on any atom is 0.303 e. The SMILES string of the molecule is C=C[C@H](OC(C)=O)c1cccc(F)c1. The summed E-state index contributed by atoms with van der Waals surface area (Å²) in [6, 6.07) is 5.88. The van der Waals surface area contributed by atoms with Gasteiger partial charge < -0.3 is 4.74 Å². The van der Waals surface area contributed by atoms with Crippen molar-refractivity contribution in [2.45, 2.75) is 13.0 Å². The van der Waals surface area contributed by atoms with Crippen LogP contribution >= 0.6 is 0 Å². The first-order valence-electron chi connectivity index (χ1n) is 4.18. The predicted molar refractivity (Wildman–Crippen MR) is 51.1 cm³/mol. The van der Waals surface area contributed by atoms with E-state index in [4.69, 9.17) is 4.74 Å². The Morgan fingerprint density at radius 1 is 1.64 bits per heavy atom. The van der Waals surface area contributed by atoms with Crippen molar-refractivity contribution >= 4 is 5.97 Å². The summed E-state index contributed by atoms with van der Waals surface area (Å²) >= 11 is 0. The van der Waals surface area contributed by atoms with E-state index in [-0.39, 0.29) is 5.82 Å². The molecule has 0 unspecified atom stereocenters. The second-order valence-electron chi connectivity index (χ2n) is 2.82. The lowest BCUT2D eigenvalue weighted by molar-refractivity contribution is -0.144. The number of benzene rings is 1. The average Bonchev–Trinajstić information content (AvgIpc) is 2.14. The van der Waals surface area contributed by atoms with Crippen LogP contribution in [0.4, 0.5) is 4.39 Å². The number of esters is 1. The molecule has 1 atom stereocenters.